The van der Waals surface area contributed by atoms with Crippen molar-refractivity contribution in [1.82, 2.24) is 0 Å². The van der Waals surface area contributed by atoms with Crippen molar-refractivity contribution >= 4 is 5.97 Å². The molecule has 248 valence electrons. The second-order valence-corrected chi connectivity index (χ2v) is 13.8. The Morgan fingerprint density at radius 1 is 0.390 bits per heavy atom. The molecule has 0 aromatic carbocycles. The number of hydrogen-bond donors (Lipinski definition) is 0. The standard InChI is InChI=1S/C36H76N.C2H4O2/c1-5-7-9-11-13-15-17-19-21-22-24-26-28-30-32-34-36-37(3,4)35-33-31-29-27-25-23-20-18-16-14-12-10-8-6-2;1-2(3)4/h5-36H2,1-4H3;1H3,(H,3,4)/q+1;/p-1. The molecule has 0 fully saturated rings. The van der Waals surface area contributed by atoms with Crippen LogP contribution in [0.3, 0.4) is 0 Å². The number of carbonyl (C=O) groups is 1. The maximum Gasteiger partial charge on any atom is 0.0782 e. The van der Waals surface area contributed by atoms with Crippen LogP contribution >= 0.6 is 0 Å². The van der Waals surface area contributed by atoms with Gasteiger partial charge in [0.2, 0.25) is 0 Å². The number of hydrogen-bond acceptors (Lipinski definition) is 2. The molecule has 0 saturated heterocycles. The monoisotopic (exact) mass is 582 g/mol. The Kier molecular flexibility index (Phi) is 37.0. The second kappa shape index (κ2) is 35.6. The summed E-state index contributed by atoms with van der Waals surface area (Å²) in [5.41, 5.74) is 0. The summed E-state index contributed by atoms with van der Waals surface area (Å²) >= 11 is 0. The highest BCUT2D eigenvalue weighted by Crippen LogP contribution is 2.16. The molecule has 0 bridgehead atoms. The number of aliphatic carboxylic acids is 1. The summed E-state index contributed by atoms with van der Waals surface area (Å²) in [6, 6.07) is 0. The second-order valence-electron chi connectivity index (χ2n) is 13.8. The predicted octanol–water partition coefficient (Wildman–Crippen LogP) is 11.6. The lowest BCUT2D eigenvalue weighted by Crippen LogP contribution is -2.41. The topological polar surface area (TPSA) is 40.1 Å². The summed E-state index contributed by atoms with van der Waals surface area (Å²) in [6.45, 7) is 8.36. The molecular formula is C38H79NO2. The lowest BCUT2D eigenvalue weighted by Gasteiger charge is -2.30. The van der Waals surface area contributed by atoms with Crippen molar-refractivity contribution in [3.8, 4) is 0 Å². The van der Waals surface area contributed by atoms with Gasteiger partial charge < -0.3 is 14.4 Å². The average Bonchev–Trinajstić information content (AvgIpc) is 2.92. The van der Waals surface area contributed by atoms with E-state index in [1.54, 1.807) is 0 Å². The molecule has 0 aliphatic heterocycles. The molecule has 0 spiro atoms. The first-order valence-corrected chi connectivity index (χ1v) is 18.8. The fourth-order valence-electron chi connectivity index (χ4n) is 5.93. The zero-order valence-corrected chi connectivity index (χ0v) is 29.4. The van der Waals surface area contributed by atoms with E-state index < -0.39 is 5.97 Å². The number of carboxylic acids is 1. The zero-order chi connectivity index (χ0) is 30.7. The van der Waals surface area contributed by atoms with Gasteiger partial charge in [-0.2, -0.15) is 0 Å². The van der Waals surface area contributed by atoms with Gasteiger partial charge in [0.15, 0.2) is 0 Å². The first-order chi connectivity index (χ1) is 19.9. The minimum atomic E-state index is -1.08. The van der Waals surface area contributed by atoms with Gasteiger partial charge in [0.25, 0.3) is 0 Å². The molecule has 0 rings (SSSR count). The first-order valence-electron chi connectivity index (χ1n) is 18.8. The Morgan fingerprint density at radius 2 is 0.537 bits per heavy atom. The van der Waals surface area contributed by atoms with Crippen molar-refractivity contribution in [3.63, 3.8) is 0 Å². The van der Waals surface area contributed by atoms with Gasteiger partial charge in [0.05, 0.1) is 27.2 Å². The lowest BCUT2D eigenvalue weighted by molar-refractivity contribution is -0.890. The zero-order valence-electron chi connectivity index (χ0n) is 29.4. The van der Waals surface area contributed by atoms with Crippen LogP contribution in [0, 0.1) is 0 Å². The fourth-order valence-corrected chi connectivity index (χ4v) is 5.93. The van der Waals surface area contributed by atoms with Gasteiger partial charge in [-0.3, -0.25) is 0 Å². The highest BCUT2D eigenvalue weighted by Gasteiger charge is 2.13. The molecule has 0 aromatic rings. The Hall–Kier alpha value is -0.570. The average molecular weight is 582 g/mol. The summed E-state index contributed by atoms with van der Waals surface area (Å²) < 4.78 is 1.25. The maximum atomic E-state index is 8.89. The maximum absolute atomic E-state index is 8.89. The summed E-state index contributed by atoms with van der Waals surface area (Å²) in [5.74, 6) is -1.08. The molecule has 0 amide bonds. The minimum Gasteiger partial charge on any atom is -0.550 e. The molecule has 0 N–H and O–H groups in total. The number of carbonyl (C=O) groups excluding carboxylic acids is 1. The van der Waals surface area contributed by atoms with Crippen LogP contribution in [0.2, 0.25) is 0 Å². The molecule has 0 saturated carbocycles. The molecule has 3 heteroatoms. The van der Waals surface area contributed by atoms with Gasteiger partial charge >= 0.3 is 0 Å². The van der Waals surface area contributed by atoms with Crippen LogP contribution in [0.25, 0.3) is 0 Å². The van der Waals surface area contributed by atoms with Crippen LogP contribution in [0.4, 0.5) is 0 Å². The molecule has 0 unspecified atom stereocenters. The van der Waals surface area contributed by atoms with Gasteiger partial charge in [0, 0.05) is 5.97 Å². The molecule has 0 radical (unpaired) electrons. The van der Waals surface area contributed by atoms with E-state index in [-0.39, 0.29) is 0 Å². The first kappa shape index (κ1) is 42.6. The largest absolute Gasteiger partial charge is 0.550 e. The van der Waals surface area contributed by atoms with E-state index in [0.29, 0.717) is 0 Å². The van der Waals surface area contributed by atoms with Gasteiger partial charge in [0.1, 0.15) is 0 Å². The van der Waals surface area contributed by atoms with E-state index >= 15 is 0 Å². The number of carboxylic acid groups (broad SMARTS) is 1. The van der Waals surface area contributed by atoms with Crippen molar-refractivity contribution < 1.29 is 14.4 Å². The smallest absolute Gasteiger partial charge is 0.0782 e. The van der Waals surface area contributed by atoms with Crippen molar-refractivity contribution in [2.75, 3.05) is 27.2 Å². The Labute approximate surface area is 260 Å². The molecule has 0 heterocycles. The third-order valence-electron chi connectivity index (χ3n) is 8.73. The van der Waals surface area contributed by atoms with Crippen molar-refractivity contribution in [3.05, 3.63) is 0 Å². The Bertz CT molecular complexity index is 487. The van der Waals surface area contributed by atoms with E-state index in [4.69, 9.17) is 9.90 Å². The fraction of sp³-hybridized carbons (Fsp3) is 0.974. The third-order valence-corrected chi connectivity index (χ3v) is 8.73. The van der Waals surface area contributed by atoms with E-state index in [0.717, 1.165) is 6.92 Å². The minimum absolute atomic E-state index is 0.972. The van der Waals surface area contributed by atoms with Crippen LogP contribution in [0.5, 0.6) is 0 Å². The molecule has 0 aliphatic rings. The molecule has 0 aliphatic carbocycles. The van der Waals surface area contributed by atoms with Gasteiger partial charge in [-0.05, 0) is 32.6 Å². The van der Waals surface area contributed by atoms with E-state index in [1.165, 1.54) is 210 Å². The van der Waals surface area contributed by atoms with E-state index in [1.807, 2.05) is 0 Å². The Morgan fingerprint density at radius 3 is 0.707 bits per heavy atom. The van der Waals surface area contributed by atoms with Crippen LogP contribution in [0.1, 0.15) is 213 Å². The van der Waals surface area contributed by atoms with E-state index in [9.17, 15) is 0 Å². The number of unbranched alkanes of at least 4 members (excludes halogenated alkanes) is 28. The molecule has 3 nitrogen and oxygen atoms in total. The number of quaternary nitrogens is 1. The molecule has 41 heavy (non-hydrogen) atoms. The van der Waals surface area contributed by atoms with Crippen LogP contribution in [0.15, 0.2) is 0 Å². The van der Waals surface area contributed by atoms with Crippen molar-refractivity contribution in [1.29, 1.82) is 0 Å². The number of nitrogens with zero attached hydrogens (tertiary/aromatic N) is 1. The third kappa shape index (κ3) is 44.0. The van der Waals surface area contributed by atoms with E-state index in [2.05, 4.69) is 27.9 Å². The highest BCUT2D eigenvalue weighted by atomic mass is 16.4. The Balaban J connectivity index is 0. The van der Waals surface area contributed by atoms with Gasteiger partial charge in [-0.25, -0.2) is 0 Å². The van der Waals surface area contributed by atoms with Gasteiger partial charge in [-0.15, -0.1) is 0 Å². The quantitative estimate of drug-likeness (QED) is 0.0585. The van der Waals surface area contributed by atoms with Crippen molar-refractivity contribution in [2.45, 2.75) is 213 Å². The summed E-state index contributed by atoms with van der Waals surface area (Å²) in [4.78, 5) is 8.89. The molecule has 0 atom stereocenters. The summed E-state index contributed by atoms with van der Waals surface area (Å²) in [7, 11) is 4.93. The van der Waals surface area contributed by atoms with Gasteiger partial charge in [-0.1, -0.05) is 181 Å². The highest BCUT2D eigenvalue weighted by molar-refractivity contribution is 5.60. The van der Waals surface area contributed by atoms with Crippen LogP contribution in [-0.2, 0) is 4.79 Å². The summed E-state index contributed by atoms with van der Waals surface area (Å²) in [5, 5.41) is 8.89. The molecule has 0 aromatic heterocycles. The normalized spacial score (nSPS) is 11.4. The van der Waals surface area contributed by atoms with Crippen LogP contribution < -0.4 is 5.11 Å². The lowest BCUT2D eigenvalue weighted by atomic mass is 10.0. The predicted molar refractivity (Wildman–Crippen MR) is 182 cm³/mol. The SMILES string of the molecule is CC(=O)[O-].CCCCCCCCCCCCCCCCCC[N+](C)(C)CCCCCCCCCCCCCCCC. The van der Waals surface area contributed by atoms with Crippen LogP contribution in [-0.4, -0.2) is 37.6 Å². The summed E-state index contributed by atoms with van der Waals surface area (Å²) in [6.07, 6.45) is 43.9. The molecular weight excluding hydrogens is 502 g/mol. The number of rotatable bonds is 32. The van der Waals surface area contributed by atoms with Crippen molar-refractivity contribution in [2.24, 2.45) is 0 Å².